The van der Waals surface area contributed by atoms with E-state index in [9.17, 15) is 14.4 Å². The molecule has 0 unspecified atom stereocenters. The summed E-state index contributed by atoms with van der Waals surface area (Å²) < 4.78 is 13.5. The average Bonchev–Trinajstić information content (AvgIpc) is 3.38. The standard InChI is InChI=1S/C27H23BrClN3O5S/c1-4-6-18-21(26(35)37-5-2)22(16-12-14(29)8-10-19(16)36-3)32-25(34)23(38-27(32)31-18)20-15-11-13(28)7-9-17(15)30-24(20)33/h7-12,22H,4-6H2,1-3H3,(H,30,33)/b23-20+/t22-/m1/s1. The molecule has 2 aliphatic rings. The smallest absolute Gasteiger partial charge is 0.338 e. The van der Waals surface area contributed by atoms with Crippen LogP contribution in [0.4, 0.5) is 5.69 Å². The second-order valence-electron chi connectivity index (χ2n) is 8.64. The molecule has 0 saturated heterocycles. The molecule has 196 valence electrons. The minimum Gasteiger partial charge on any atom is -0.496 e. The van der Waals surface area contributed by atoms with Gasteiger partial charge in [0, 0.05) is 26.3 Å². The van der Waals surface area contributed by atoms with Crippen LogP contribution in [0.2, 0.25) is 5.02 Å². The highest BCUT2D eigenvalue weighted by molar-refractivity contribution is 9.10. The topological polar surface area (TPSA) is 99.0 Å². The van der Waals surface area contributed by atoms with Crippen LogP contribution in [-0.4, -0.2) is 30.2 Å². The second kappa shape index (κ2) is 10.5. The number of esters is 1. The molecule has 0 spiro atoms. The van der Waals surface area contributed by atoms with Gasteiger partial charge in [-0.05, 0) is 49.7 Å². The number of ether oxygens (including phenoxy) is 2. The van der Waals surface area contributed by atoms with Gasteiger partial charge in [-0.25, -0.2) is 9.79 Å². The van der Waals surface area contributed by atoms with E-state index in [2.05, 4.69) is 21.2 Å². The average molecular weight is 617 g/mol. The van der Waals surface area contributed by atoms with Gasteiger partial charge in [-0.2, -0.15) is 0 Å². The third-order valence-corrected chi connectivity index (χ3v) is 8.09. The van der Waals surface area contributed by atoms with Crippen LogP contribution in [0, 0.1) is 0 Å². The zero-order valence-electron chi connectivity index (χ0n) is 20.8. The third-order valence-electron chi connectivity index (χ3n) is 6.31. The van der Waals surface area contributed by atoms with E-state index in [1.807, 2.05) is 13.0 Å². The summed E-state index contributed by atoms with van der Waals surface area (Å²) in [5.41, 5.74) is 2.34. The van der Waals surface area contributed by atoms with Crippen molar-refractivity contribution >= 4 is 62.0 Å². The lowest BCUT2D eigenvalue weighted by Crippen LogP contribution is -2.41. The third kappa shape index (κ3) is 4.40. The minimum absolute atomic E-state index is 0.154. The lowest BCUT2D eigenvalue weighted by molar-refractivity contribution is -0.139. The number of carbonyl (C=O) groups excluding carboxylic acids is 2. The summed E-state index contributed by atoms with van der Waals surface area (Å²) >= 11 is 11.0. The number of benzene rings is 2. The molecule has 11 heteroatoms. The van der Waals surface area contributed by atoms with Crippen LogP contribution in [0.1, 0.15) is 43.9 Å². The van der Waals surface area contributed by atoms with Crippen molar-refractivity contribution in [1.29, 1.82) is 0 Å². The number of amides is 1. The first-order chi connectivity index (χ1) is 18.3. The number of allylic oxidation sites excluding steroid dienone is 1. The lowest BCUT2D eigenvalue weighted by atomic mass is 9.93. The van der Waals surface area contributed by atoms with Crippen LogP contribution in [0.25, 0.3) is 5.57 Å². The maximum absolute atomic E-state index is 14.2. The quantitative estimate of drug-likeness (QED) is 0.416. The van der Waals surface area contributed by atoms with Crippen molar-refractivity contribution in [3.63, 3.8) is 0 Å². The van der Waals surface area contributed by atoms with Crippen molar-refractivity contribution in [3.8, 4) is 5.75 Å². The van der Waals surface area contributed by atoms with Gasteiger partial charge in [0.05, 0.1) is 30.6 Å². The molecule has 0 radical (unpaired) electrons. The van der Waals surface area contributed by atoms with Gasteiger partial charge in [-0.3, -0.25) is 14.2 Å². The SMILES string of the molecule is CCCC1=C(C(=O)OCC)[C@@H](c2cc(Cl)ccc2OC)n2c(s/c(=C3/C(=O)Nc4ccc(Br)cc43)c2=O)=N1. The van der Waals surface area contributed by atoms with Crippen LogP contribution in [-0.2, 0) is 14.3 Å². The van der Waals surface area contributed by atoms with Gasteiger partial charge in [0.1, 0.15) is 16.3 Å². The Kier molecular flexibility index (Phi) is 7.30. The Morgan fingerprint density at radius 3 is 2.71 bits per heavy atom. The molecule has 2 aliphatic heterocycles. The van der Waals surface area contributed by atoms with E-state index in [1.54, 1.807) is 37.3 Å². The Hall–Kier alpha value is -3.21. The second-order valence-corrected chi connectivity index (χ2v) is 11.0. The fourth-order valence-corrected chi connectivity index (χ4v) is 6.41. The summed E-state index contributed by atoms with van der Waals surface area (Å²) in [6.07, 6.45) is 1.20. The van der Waals surface area contributed by atoms with Crippen molar-refractivity contribution in [2.45, 2.75) is 32.7 Å². The molecule has 3 heterocycles. The Bertz CT molecular complexity index is 1710. The van der Waals surface area contributed by atoms with Gasteiger partial charge in [-0.15, -0.1) is 0 Å². The number of thiazole rings is 1. The maximum Gasteiger partial charge on any atom is 0.338 e. The molecule has 0 aliphatic carbocycles. The van der Waals surface area contributed by atoms with Gasteiger partial charge in [0.25, 0.3) is 11.5 Å². The number of aromatic nitrogens is 1. The number of methoxy groups -OCH3 is 1. The summed E-state index contributed by atoms with van der Waals surface area (Å²) in [5, 5.41) is 3.25. The summed E-state index contributed by atoms with van der Waals surface area (Å²) in [5.74, 6) is -0.499. The Labute approximate surface area is 235 Å². The molecule has 5 rings (SSSR count). The molecule has 0 saturated carbocycles. The van der Waals surface area contributed by atoms with E-state index in [1.165, 1.54) is 11.7 Å². The number of hydrogen-bond acceptors (Lipinski definition) is 7. The van der Waals surface area contributed by atoms with Crippen molar-refractivity contribution in [2.24, 2.45) is 4.99 Å². The Morgan fingerprint density at radius 1 is 1.21 bits per heavy atom. The number of anilines is 1. The highest BCUT2D eigenvalue weighted by Gasteiger charge is 2.37. The van der Waals surface area contributed by atoms with E-state index in [0.29, 0.717) is 50.9 Å². The van der Waals surface area contributed by atoms with Gasteiger partial charge >= 0.3 is 5.97 Å². The predicted octanol–water partition coefficient (Wildman–Crippen LogP) is 4.33. The molecule has 8 nitrogen and oxygen atoms in total. The van der Waals surface area contributed by atoms with E-state index in [4.69, 9.17) is 26.1 Å². The highest BCUT2D eigenvalue weighted by Crippen LogP contribution is 2.38. The largest absolute Gasteiger partial charge is 0.496 e. The summed E-state index contributed by atoms with van der Waals surface area (Å²) in [7, 11) is 1.51. The maximum atomic E-state index is 14.2. The van der Waals surface area contributed by atoms with Gasteiger partial charge in [0.2, 0.25) is 0 Å². The van der Waals surface area contributed by atoms with Gasteiger partial charge in [-0.1, -0.05) is 52.2 Å². The Balaban J connectivity index is 1.89. The lowest BCUT2D eigenvalue weighted by Gasteiger charge is -2.27. The molecule has 1 aromatic heterocycles. The molecule has 1 N–H and O–H groups in total. The van der Waals surface area contributed by atoms with Gasteiger partial charge in [0.15, 0.2) is 4.80 Å². The van der Waals surface area contributed by atoms with Crippen LogP contribution in [0.5, 0.6) is 5.75 Å². The summed E-state index contributed by atoms with van der Waals surface area (Å²) in [6.45, 7) is 3.86. The Morgan fingerprint density at radius 2 is 2.00 bits per heavy atom. The fourth-order valence-electron chi connectivity index (χ4n) is 4.75. The first kappa shape index (κ1) is 26.4. The number of hydrogen-bond donors (Lipinski definition) is 1. The zero-order chi connectivity index (χ0) is 27.1. The molecule has 1 amide bonds. The zero-order valence-corrected chi connectivity index (χ0v) is 23.9. The molecule has 0 bridgehead atoms. The fraction of sp³-hybridized carbons (Fsp3) is 0.259. The van der Waals surface area contributed by atoms with Crippen LogP contribution < -0.4 is 24.9 Å². The van der Waals surface area contributed by atoms with E-state index >= 15 is 0 Å². The molecule has 0 fully saturated rings. The van der Waals surface area contributed by atoms with E-state index < -0.39 is 17.6 Å². The van der Waals surface area contributed by atoms with Crippen molar-refractivity contribution < 1.29 is 19.1 Å². The normalized spacial score (nSPS) is 17.5. The van der Waals surface area contributed by atoms with Crippen molar-refractivity contribution in [1.82, 2.24) is 4.57 Å². The molecule has 2 aromatic carbocycles. The monoisotopic (exact) mass is 615 g/mol. The van der Waals surface area contributed by atoms with Gasteiger partial charge < -0.3 is 14.8 Å². The molecule has 3 aromatic rings. The molecular formula is C27H23BrClN3O5S. The number of nitrogens with zero attached hydrogens (tertiary/aromatic N) is 2. The van der Waals surface area contributed by atoms with Crippen molar-refractivity contribution in [3.05, 3.63) is 88.0 Å². The highest BCUT2D eigenvalue weighted by atomic mass is 79.9. The number of halogens is 2. The first-order valence-electron chi connectivity index (χ1n) is 12.0. The summed E-state index contributed by atoms with van der Waals surface area (Å²) in [6, 6.07) is 9.52. The van der Waals surface area contributed by atoms with Crippen LogP contribution in [0.3, 0.4) is 0 Å². The number of nitrogens with one attached hydrogen (secondary N) is 1. The van der Waals surface area contributed by atoms with Crippen LogP contribution >= 0.6 is 38.9 Å². The first-order valence-corrected chi connectivity index (χ1v) is 14.0. The van der Waals surface area contributed by atoms with Crippen molar-refractivity contribution in [2.75, 3.05) is 19.0 Å². The summed E-state index contributed by atoms with van der Waals surface area (Å²) in [4.78, 5) is 45.7. The number of rotatable bonds is 6. The van der Waals surface area contributed by atoms with E-state index in [0.717, 1.165) is 15.8 Å². The van der Waals surface area contributed by atoms with E-state index in [-0.39, 0.29) is 28.2 Å². The molecular weight excluding hydrogens is 594 g/mol. The number of fused-ring (bicyclic) bond motifs is 2. The molecule has 38 heavy (non-hydrogen) atoms. The minimum atomic E-state index is -0.915. The predicted molar refractivity (Wildman–Crippen MR) is 149 cm³/mol. The van der Waals surface area contributed by atoms with Crippen LogP contribution in [0.15, 0.2) is 61.9 Å². The molecule has 1 atom stereocenters. The number of carbonyl (C=O) groups is 2.